The lowest BCUT2D eigenvalue weighted by atomic mass is 9.92. The van der Waals surface area contributed by atoms with Crippen molar-refractivity contribution >= 4 is 11.6 Å². The van der Waals surface area contributed by atoms with E-state index in [4.69, 9.17) is 4.74 Å². The number of nitrogens with zero attached hydrogens (tertiary/aromatic N) is 2. The van der Waals surface area contributed by atoms with Crippen molar-refractivity contribution in [3.63, 3.8) is 0 Å². The normalized spacial score (nSPS) is 20.2. The lowest BCUT2D eigenvalue weighted by Crippen LogP contribution is -2.39. The first-order valence-corrected chi connectivity index (χ1v) is 10.4. The molecule has 28 heavy (non-hydrogen) atoms. The van der Waals surface area contributed by atoms with E-state index in [0.717, 1.165) is 50.3 Å². The highest BCUT2D eigenvalue weighted by Gasteiger charge is 2.32. The van der Waals surface area contributed by atoms with Crippen molar-refractivity contribution in [2.45, 2.75) is 45.2 Å². The summed E-state index contributed by atoms with van der Waals surface area (Å²) in [6.07, 6.45) is 3.86. The highest BCUT2D eigenvalue weighted by atomic mass is 16.5. The Morgan fingerprint density at radius 2 is 1.79 bits per heavy atom. The fourth-order valence-corrected chi connectivity index (χ4v) is 4.63. The molecule has 1 fully saturated rings. The molecule has 4 heteroatoms. The molecule has 2 aromatic rings. The van der Waals surface area contributed by atoms with E-state index >= 15 is 0 Å². The molecule has 2 aliphatic heterocycles. The van der Waals surface area contributed by atoms with Crippen LogP contribution in [0.5, 0.6) is 5.75 Å². The molecule has 4 rings (SSSR count). The molecule has 0 saturated carbocycles. The Balaban J connectivity index is 1.29. The van der Waals surface area contributed by atoms with Gasteiger partial charge in [-0.05, 0) is 74.5 Å². The molecule has 0 spiro atoms. The largest absolute Gasteiger partial charge is 0.497 e. The third kappa shape index (κ3) is 4.07. The zero-order chi connectivity index (χ0) is 19.5. The van der Waals surface area contributed by atoms with Crippen LogP contribution in [0.2, 0.25) is 0 Å². The first-order chi connectivity index (χ1) is 13.6. The molecule has 2 heterocycles. The molecule has 0 bridgehead atoms. The summed E-state index contributed by atoms with van der Waals surface area (Å²) in [5.74, 6) is 1.70. The Bertz CT molecular complexity index is 810. The standard InChI is InChI=1S/C24H30N2O2/c1-18-15-21-5-3-4-6-23(21)26(18)24(27)16-19-11-13-25(14-12-19)17-20-7-9-22(28-2)10-8-20/h3-10,18-19H,11-17H2,1-2H3. The molecule has 2 aliphatic rings. The number of likely N-dealkylation sites (tertiary alicyclic amines) is 1. The molecule has 1 amide bonds. The molecular formula is C24H30N2O2. The summed E-state index contributed by atoms with van der Waals surface area (Å²) in [7, 11) is 1.70. The van der Waals surface area contributed by atoms with Crippen LogP contribution in [0.1, 0.15) is 37.3 Å². The molecular weight excluding hydrogens is 348 g/mol. The van der Waals surface area contributed by atoms with E-state index < -0.39 is 0 Å². The van der Waals surface area contributed by atoms with Gasteiger partial charge in [0, 0.05) is 24.7 Å². The van der Waals surface area contributed by atoms with Gasteiger partial charge in [0.15, 0.2) is 0 Å². The van der Waals surface area contributed by atoms with Gasteiger partial charge >= 0.3 is 0 Å². The van der Waals surface area contributed by atoms with Crippen molar-refractivity contribution in [2.75, 3.05) is 25.1 Å². The number of methoxy groups -OCH3 is 1. The number of amides is 1. The fourth-order valence-electron chi connectivity index (χ4n) is 4.63. The number of fused-ring (bicyclic) bond motifs is 1. The minimum absolute atomic E-state index is 0.278. The summed E-state index contributed by atoms with van der Waals surface area (Å²) >= 11 is 0. The van der Waals surface area contributed by atoms with Gasteiger partial charge < -0.3 is 9.64 Å². The lowest BCUT2D eigenvalue weighted by Gasteiger charge is -2.33. The molecule has 1 unspecified atom stereocenters. The minimum atomic E-state index is 0.278. The summed E-state index contributed by atoms with van der Waals surface area (Å²) in [6, 6.07) is 16.9. The lowest BCUT2D eigenvalue weighted by molar-refractivity contribution is -0.120. The van der Waals surface area contributed by atoms with Crippen molar-refractivity contribution in [1.82, 2.24) is 4.90 Å². The van der Waals surface area contributed by atoms with Crippen molar-refractivity contribution in [1.29, 1.82) is 0 Å². The van der Waals surface area contributed by atoms with Crippen LogP contribution in [0.4, 0.5) is 5.69 Å². The molecule has 148 valence electrons. The van der Waals surface area contributed by atoms with Gasteiger partial charge in [0.25, 0.3) is 0 Å². The predicted molar refractivity (Wildman–Crippen MR) is 113 cm³/mol. The van der Waals surface area contributed by atoms with Gasteiger partial charge in [0.05, 0.1) is 7.11 Å². The number of piperidine rings is 1. The number of benzene rings is 2. The number of anilines is 1. The fraction of sp³-hybridized carbons (Fsp3) is 0.458. The van der Waals surface area contributed by atoms with Crippen LogP contribution in [0.25, 0.3) is 0 Å². The second kappa shape index (κ2) is 8.36. The number of carbonyl (C=O) groups is 1. The van der Waals surface area contributed by atoms with Crippen LogP contribution in [-0.4, -0.2) is 37.0 Å². The summed E-state index contributed by atoms with van der Waals surface area (Å²) in [5.41, 5.74) is 3.74. The average Bonchev–Trinajstić information content (AvgIpc) is 3.06. The number of rotatable bonds is 5. The molecule has 4 nitrogen and oxygen atoms in total. The predicted octanol–water partition coefficient (Wildman–Crippen LogP) is 4.28. The molecule has 0 N–H and O–H groups in total. The van der Waals surface area contributed by atoms with Gasteiger partial charge in [-0.2, -0.15) is 0 Å². The van der Waals surface area contributed by atoms with Gasteiger partial charge in [-0.25, -0.2) is 0 Å². The van der Waals surface area contributed by atoms with E-state index in [9.17, 15) is 4.79 Å². The van der Waals surface area contributed by atoms with Crippen LogP contribution in [0.3, 0.4) is 0 Å². The van der Waals surface area contributed by atoms with Crippen LogP contribution in [-0.2, 0) is 17.8 Å². The van der Waals surface area contributed by atoms with Gasteiger partial charge in [0.1, 0.15) is 5.75 Å². The number of hydrogen-bond donors (Lipinski definition) is 0. The Morgan fingerprint density at radius 3 is 2.50 bits per heavy atom. The summed E-state index contributed by atoms with van der Waals surface area (Å²) in [4.78, 5) is 17.6. The third-order valence-corrected chi connectivity index (χ3v) is 6.21. The Labute approximate surface area is 168 Å². The zero-order valence-electron chi connectivity index (χ0n) is 16.9. The smallest absolute Gasteiger partial charge is 0.227 e. The monoisotopic (exact) mass is 378 g/mol. The van der Waals surface area contributed by atoms with Crippen LogP contribution in [0, 0.1) is 5.92 Å². The summed E-state index contributed by atoms with van der Waals surface area (Å²) in [5, 5.41) is 0. The summed E-state index contributed by atoms with van der Waals surface area (Å²) < 4.78 is 5.23. The van der Waals surface area contributed by atoms with Gasteiger partial charge in [-0.1, -0.05) is 30.3 Å². The first kappa shape index (κ1) is 19.0. The van der Waals surface area contributed by atoms with Crippen molar-refractivity contribution in [3.05, 3.63) is 59.7 Å². The maximum absolute atomic E-state index is 13.0. The number of hydrogen-bond acceptors (Lipinski definition) is 3. The number of ether oxygens (including phenoxy) is 1. The molecule has 1 saturated heterocycles. The van der Waals surface area contributed by atoms with Gasteiger partial charge in [-0.15, -0.1) is 0 Å². The number of para-hydroxylation sites is 1. The van der Waals surface area contributed by atoms with Crippen molar-refractivity contribution < 1.29 is 9.53 Å². The Hall–Kier alpha value is -2.33. The maximum Gasteiger partial charge on any atom is 0.227 e. The van der Waals surface area contributed by atoms with E-state index in [-0.39, 0.29) is 6.04 Å². The van der Waals surface area contributed by atoms with E-state index in [2.05, 4.69) is 42.2 Å². The molecule has 0 aliphatic carbocycles. The number of carbonyl (C=O) groups excluding carboxylic acids is 1. The third-order valence-electron chi connectivity index (χ3n) is 6.21. The van der Waals surface area contributed by atoms with E-state index in [1.54, 1.807) is 7.11 Å². The second-order valence-electron chi connectivity index (χ2n) is 8.22. The highest BCUT2D eigenvalue weighted by Crippen LogP contribution is 2.33. The average molecular weight is 379 g/mol. The van der Waals surface area contributed by atoms with Crippen molar-refractivity contribution in [2.24, 2.45) is 5.92 Å². The van der Waals surface area contributed by atoms with E-state index in [1.165, 1.54) is 11.1 Å². The topological polar surface area (TPSA) is 32.8 Å². The zero-order valence-corrected chi connectivity index (χ0v) is 16.9. The molecule has 1 atom stereocenters. The quantitative estimate of drug-likeness (QED) is 0.779. The van der Waals surface area contributed by atoms with Crippen molar-refractivity contribution in [3.8, 4) is 5.75 Å². The van der Waals surface area contributed by atoms with E-state index in [1.807, 2.05) is 23.1 Å². The van der Waals surface area contributed by atoms with E-state index in [0.29, 0.717) is 18.2 Å². The summed E-state index contributed by atoms with van der Waals surface area (Å²) in [6.45, 7) is 5.27. The molecule has 0 aromatic heterocycles. The maximum atomic E-state index is 13.0. The first-order valence-electron chi connectivity index (χ1n) is 10.4. The van der Waals surface area contributed by atoms with Crippen LogP contribution in [0.15, 0.2) is 48.5 Å². The second-order valence-corrected chi connectivity index (χ2v) is 8.22. The van der Waals surface area contributed by atoms with Crippen LogP contribution >= 0.6 is 0 Å². The Kier molecular flexibility index (Phi) is 5.67. The highest BCUT2D eigenvalue weighted by molar-refractivity contribution is 5.96. The van der Waals surface area contributed by atoms with Gasteiger partial charge in [0.2, 0.25) is 5.91 Å². The Morgan fingerprint density at radius 1 is 1.07 bits per heavy atom. The SMILES string of the molecule is COc1ccc(CN2CCC(CC(=O)N3c4ccccc4CC3C)CC2)cc1. The molecule has 0 radical (unpaired) electrons. The molecule has 2 aromatic carbocycles. The van der Waals surface area contributed by atoms with Crippen LogP contribution < -0.4 is 9.64 Å². The minimum Gasteiger partial charge on any atom is -0.497 e. The van der Waals surface area contributed by atoms with Gasteiger partial charge in [-0.3, -0.25) is 9.69 Å².